The van der Waals surface area contributed by atoms with Gasteiger partial charge in [-0.3, -0.25) is 4.79 Å². The quantitative estimate of drug-likeness (QED) is 0.455. The molecule has 3 rings (SSSR count). The summed E-state index contributed by atoms with van der Waals surface area (Å²) in [5, 5.41) is 24.4. The molecule has 0 saturated heterocycles. The van der Waals surface area contributed by atoms with Crippen molar-refractivity contribution in [3.05, 3.63) is 77.7 Å². The van der Waals surface area contributed by atoms with Crippen molar-refractivity contribution in [3.8, 4) is 11.3 Å². The second kappa shape index (κ2) is 9.91. The lowest BCUT2D eigenvalue weighted by Gasteiger charge is -2.17. The van der Waals surface area contributed by atoms with Gasteiger partial charge in [0.25, 0.3) is 5.91 Å². The molecule has 0 aliphatic carbocycles. The van der Waals surface area contributed by atoms with Crippen LogP contribution in [0.25, 0.3) is 11.3 Å². The third-order valence-corrected chi connectivity index (χ3v) is 4.50. The third-order valence-electron chi connectivity index (χ3n) is 4.50. The Hall–Kier alpha value is -3.36. The second-order valence-corrected chi connectivity index (χ2v) is 6.81. The predicted molar refractivity (Wildman–Crippen MR) is 111 cm³/mol. The molecule has 0 fully saturated rings. The predicted octanol–water partition coefficient (Wildman–Crippen LogP) is 2.54. The van der Waals surface area contributed by atoms with Crippen LogP contribution in [0.15, 0.2) is 60.8 Å². The summed E-state index contributed by atoms with van der Waals surface area (Å²) < 4.78 is 14.2. The van der Waals surface area contributed by atoms with E-state index in [1.54, 1.807) is 31.2 Å². The van der Waals surface area contributed by atoms with E-state index < -0.39 is 11.9 Å². The van der Waals surface area contributed by atoms with Crippen LogP contribution < -0.4 is 10.6 Å². The Bertz CT molecular complexity index is 983. The molecule has 0 aliphatic rings. The molecule has 30 heavy (non-hydrogen) atoms. The van der Waals surface area contributed by atoms with Gasteiger partial charge in [-0.15, -0.1) is 0 Å². The standard InChI is InChI=1S/C22H23FN4O3/c1-14(12-28)25-22-24-11-18(23)20(27-22)16-7-9-17(10-8-16)21(30)26-19(13-29)15-5-3-2-4-6-15/h2-11,14,19,28-29H,12-13H2,1H3,(H,26,30)(H,24,25,27)/t14-,19+/m0/s1. The Morgan fingerprint density at radius 3 is 2.40 bits per heavy atom. The van der Waals surface area contributed by atoms with Crippen LogP contribution in [-0.4, -0.2) is 45.3 Å². The molecule has 1 aromatic heterocycles. The van der Waals surface area contributed by atoms with Gasteiger partial charge in [0.05, 0.1) is 25.5 Å². The van der Waals surface area contributed by atoms with Crippen LogP contribution in [0.3, 0.4) is 0 Å². The average Bonchev–Trinajstić information content (AvgIpc) is 2.79. The maximum absolute atomic E-state index is 14.2. The zero-order valence-electron chi connectivity index (χ0n) is 16.4. The van der Waals surface area contributed by atoms with Gasteiger partial charge in [-0.25, -0.2) is 14.4 Å². The molecule has 0 saturated carbocycles. The topological polar surface area (TPSA) is 107 Å². The molecule has 156 valence electrons. The summed E-state index contributed by atoms with van der Waals surface area (Å²) in [4.78, 5) is 20.6. The lowest BCUT2D eigenvalue weighted by atomic mass is 10.1. The Kier molecular flexibility index (Phi) is 7.05. The van der Waals surface area contributed by atoms with Crippen molar-refractivity contribution in [2.24, 2.45) is 0 Å². The summed E-state index contributed by atoms with van der Waals surface area (Å²) in [6, 6.07) is 14.7. The molecule has 2 aromatic carbocycles. The highest BCUT2D eigenvalue weighted by Gasteiger charge is 2.16. The third kappa shape index (κ3) is 5.16. The number of carbonyl (C=O) groups excluding carboxylic acids is 1. The summed E-state index contributed by atoms with van der Waals surface area (Å²) in [7, 11) is 0. The van der Waals surface area contributed by atoms with E-state index >= 15 is 0 Å². The van der Waals surface area contributed by atoms with Crippen LogP contribution in [0.4, 0.5) is 10.3 Å². The first-order valence-electron chi connectivity index (χ1n) is 9.49. The fraction of sp³-hybridized carbons (Fsp3) is 0.227. The number of rotatable bonds is 8. The van der Waals surface area contributed by atoms with E-state index in [4.69, 9.17) is 5.11 Å². The lowest BCUT2D eigenvalue weighted by molar-refractivity contribution is 0.0916. The number of anilines is 1. The van der Waals surface area contributed by atoms with Crippen LogP contribution >= 0.6 is 0 Å². The fourth-order valence-corrected chi connectivity index (χ4v) is 2.85. The normalized spacial score (nSPS) is 12.8. The number of nitrogens with one attached hydrogen (secondary N) is 2. The maximum Gasteiger partial charge on any atom is 0.251 e. The molecule has 3 aromatic rings. The van der Waals surface area contributed by atoms with Crippen molar-refractivity contribution in [1.82, 2.24) is 15.3 Å². The van der Waals surface area contributed by atoms with Crippen molar-refractivity contribution < 1.29 is 19.4 Å². The number of amides is 1. The first-order valence-corrected chi connectivity index (χ1v) is 9.49. The molecule has 0 radical (unpaired) electrons. The highest BCUT2D eigenvalue weighted by Crippen LogP contribution is 2.22. The molecular formula is C22H23FN4O3. The van der Waals surface area contributed by atoms with Gasteiger partial charge in [0.2, 0.25) is 5.95 Å². The van der Waals surface area contributed by atoms with Crippen LogP contribution in [0, 0.1) is 5.82 Å². The molecule has 0 aliphatic heterocycles. The average molecular weight is 410 g/mol. The summed E-state index contributed by atoms with van der Waals surface area (Å²) >= 11 is 0. The van der Waals surface area contributed by atoms with Crippen molar-refractivity contribution in [2.75, 3.05) is 18.5 Å². The maximum atomic E-state index is 14.2. The minimum atomic E-state index is -0.598. The van der Waals surface area contributed by atoms with Gasteiger partial charge < -0.3 is 20.8 Å². The second-order valence-electron chi connectivity index (χ2n) is 6.81. The summed E-state index contributed by atoms with van der Waals surface area (Å²) in [6.07, 6.45) is 1.06. The van der Waals surface area contributed by atoms with E-state index in [1.165, 1.54) is 0 Å². The van der Waals surface area contributed by atoms with Crippen molar-refractivity contribution >= 4 is 11.9 Å². The van der Waals surface area contributed by atoms with Crippen molar-refractivity contribution in [1.29, 1.82) is 0 Å². The van der Waals surface area contributed by atoms with Gasteiger partial charge >= 0.3 is 0 Å². The van der Waals surface area contributed by atoms with E-state index in [1.807, 2.05) is 30.3 Å². The molecule has 1 amide bonds. The SMILES string of the molecule is C[C@@H](CO)Nc1ncc(F)c(-c2ccc(C(=O)N[C@H](CO)c3ccccc3)cc2)n1. The Morgan fingerprint density at radius 1 is 1.07 bits per heavy atom. The molecule has 0 unspecified atom stereocenters. The minimum Gasteiger partial charge on any atom is -0.394 e. The Balaban J connectivity index is 1.76. The van der Waals surface area contributed by atoms with E-state index in [0.29, 0.717) is 11.1 Å². The number of benzene rings is 2. The molecule has 8 heteroatoms. The van der Waals surface area contributed by atoms with Crippen LogP contribution in [0.5, 0.6) is 0 Å². The van der Waals surface area contributed by atoms with Gasteiger partial charge in [0.1, 0.15) is 5.69 Å². The van der Waals surface area contributed by atoms with Gasteiger partial charge in [0, 0.05) is 17.2 Å². The number of carbonyl (C=O) groups is 1. The molecule has 1 heterocycles. The lowest BCUT2D eigenvalue weighted by Crippen LogP contribution is -2.30. The minimum absolute atomic E-state index is 0.0853. The van der Waals surface area contributed by atoms with Gasteiger partial charge in [-0.1, -0.05) is 42.5 Å². The summed E-state index contributed by atoms with van der Waals surface area (Å²) in [6.45, 7) is 1.40. The number of aliphatic hydroxyl groups excluding tert-OH is 2. The number of hydrogen-bond acceptors (Lipinski definition) is 6. The Labute approximate surface area is 173 Å². The first kappa shape index (κ1) is 21.4. The number of nitrogens with zero attached hydrogens (tertiary/aromatic N) is 2. The highest BCUT2D eigenvalue weighted by molar-refractivity contribution is 5.94. The van der Waals surface area contributed by atoms with Crippen molar-refractivity contribution in [3.63, 3.8) is 0 Å². The van der Waals surface area contributed by atoms with Crippen LogP contribution in [-0.2, 0) is 0 Å². The monoisotopic (exact) mass is 410 g/mol. The van der Waals surface area contributed by atoms with E-state index in [2.05, 4.69) is 20.6 Å². The first-order chi connectivity index (χ1) is 14.5. The number of halogens is 1. The van der Waals surface area contributed by atoms with Crippen LogP contribution in [0.1, 0.15) is 28.9 Å². The zero-order valence-corrected chi connectivity index (χ0v) is 16.4. The molecule has 2 atom stereocenters. The van der Waals surface area contributed by atoms with E-state index in [9.17, 15) is 14.3 Å². The van der Waals surface area contributed by atoms with Crippen LogP contribution in [0.2, 0.25) is 0 Å². The summed E-state index contributed by atoms with van der Waals surface area (Å²) in [5.74, 6) is -0.756. The smallest absolute Gasteiger partial charge is 0.251 e. The van der Waals surface area contributed by atoms with Gasteiger partial charge in [-0.05, 0) is 24.6 Å². The molecule has 0 bridgehead atoms. The summed E-state index contributed by atoms with van der Waals surface area (Å²) in [5.41, 5.74) is 1.73. The fourth-order valence-electron chi connectivity index (χ4n) is 2.85. The molecule has 0 spiro atoms. The largest absolute Gasteiger partial charge is 0.394 e. The Morgan fingerprint density at radius 2 is 1.77 bits per heavy atom. The van der Waals surface area contributed by atoms with E-state index in [0.717, 1.165) is 11.8 Å². The van der Waals surface area contributed by atoms with Crippen molar-refractivity contribution in [2.45, 2.75) is 19.0 Å². The number of aliphatic hydroxyl groups is 2. The molecule has 7 nitrogen and oxygen atoms in total. The van der Waals surface area contributed by atoms with Gasteiger partial charge in [0.15, 0.2) is 5.82 Å². The van der Waals surface area contributed by atoms with Gasteiger partial charge in [-0.2, -0.15) is 0 Å². The molecular weight excluding hydrogens is 387 g/mol. The highest BCUT2D eigenvalue weighted by atomic mass is 19.1. The zero-order chi connectivity index (χ0) is 21.5. The molecule has 4 N–H and O–H groups in total. The number of aromatic nitrogens is 2. The number of hydrogen-bond donors (Lipinski definition) is 4. The van der Waals surface area contributed by atoms with E-state index in [-0.39, 0.29) is 36.8 Å².